The summed E-state index contributed by atoms with van der Waals surface area (Å²) >= 11 is 1.67. The second-order valence-corrected chi connectivity index (χ2v) is 5.78. The summed E-state index contributed by atoms with van der Waals surface area (Å²) in [5.74, 6) is 0.747. The summed E-state index contributed by atoms with van der Waals surface area (Å²) < 4.78 is 5.11. The average Bonchev–Trinajstić information content (AvgIpc) is 3.07. The molecule has 19 heavy (non-hydrogen) atoms. The molecule has 1 aliphatic heterocycles. The van der Waals surface area contributed by atoms with Crippen molar-refractivity contribution in [2.75, 3.05) is 33.4 Å². The Morgan fingerprint density at radius 3 is 3.16 bits per heavy atom. The first-order valence-corrected chi connectivity index (χ1v) is 7.72. The average molecular weight is 282 g/mol. The first-order chi connectivity index (χ1) is 9.29. The second kappa shape index (κ2) is 7.62. The Morgan fingerprint density at radius 2 is 2.53 bits per heavy atom. The van der Waals surface area contributed by atoms with Crippen LogP contribution in [0.5, 0.6) is 0 Å². The maximum Gasteiger partial charge on any atom is 0.223 e. The maximum atomic E-state index is 12.4. The number of thiophene rings is 1. The van der Waals surface area contributed by atoms with Crippen molar-refractivity contribution in [2.24, 2.45) is 5.92 Å². The van der Waals surface area contributed by atoms with Gasteiger partial charge in [0.2, 0.25) is 5.91 Å². The lowest BCUT2D eigenvalue weighted by Gasteiger charge is -2.23. The van der Waals surface area contributed by atoms with Gasteiger partial charge in [-0.15, -0.1) is 0 Å². The largest absolute Gasteiger partial charge is 0.383 e. The number of hydrogen-bond donors (Lipinski definition) is 1. The van der Waals surface area contributed by atoms with Crippen molar-refractivity contribution in [3.63, 3.8) is 0 Å². The van der Waals surface area contributed by atoms with E-state index in [0.29, 0.717) is 32.0 Å². The zero-order valence-electron chi connectivity index (χ0n) is 11.4. The van der Waals surface area contributed by atoms with Crippen LogP contribution in [-0.2, 0) is 16.1 Å². The summed E-state index contributed by atoms with van der Waals surface area (Å²) in [6.07, 6.45) is 1.77. The topological polar surface area (TPSA) is 41.6 Å². The number of rotatable bonds is 7. The fourth-order valence-corrected chi connectivity index (χ4v) is 3.02. The molecule has 1 aromatic rings. The van der Waals surface area contributed by atoms with Gasteiger partial charge in [0, 0.05) is 26.6 Å². The van der Waals surface area contributed by atoms with Crippen LogP contribution in [0.4, 0.5) is 0 Å². The van der Waals surface area contributed by atoms with Gasteiger partial charge >= 0.3 is 0 Å². The molecule has 5 heteroatoms. The molecular formula is C14H22N2O2S. The van der Waals surface area contributed by atoms with E-state index in [9.17, 15) is 4.79 Å². The minimum absolute atomic E-state index is 0.247. The standard InChI is InChI=1S/C14H22N2O2S/c1-18-6-5-16(10-13-3-7-19-11-13)14(17)8-12-2-4-15-9-12/h3,7,11-12,15H,2,4-6,8-10H2,1H3/t12-/m1/s1. The van der Waals surface area contributed by atoms with Crippen LogP contribution < -0.4 is 5.32 Å². The van der Waals surface area contributed by atoms with Crippen LogP contribution in [-0.4, -0.2) is 44.2 Å². The first-order valence-electron chi connectivity index (χ1n) is 6.78. The highest BCUT2D eigenvalue weighted by atomic mass is 32.1. The molecule has 1 N–H and O–H groups in total. The molecule has 1 aromatic heterocycles. The van der Waals surface area contributed by atoms with Crippen LogP contribution in [0, 0.1) is 5.92 Å². The Bertz CT molecular complexity index is 375. The quantitative estimate of drug-likeness (QED) is 0.828. The Balaban J connectivity index is 1.89. The monoisotopic (exact) mass is 282 g/mol. The number of carbonyl (C=O) groups is 1. The molecule has 1 atom stereocenters. The van der Waals surface area contributed by atoms with Crippen molar-refractivity contribution in [1.82, 2.24) is 10.2 Å². The van der Waals surface area contributed by atoms with Gasteiger partial charge in [-0.05, 0) is 47.8 Å². The number of hydrogen-bond acceptors (Lipinski definition) is 4. The number of ether oxygens (including phenoxy) is 1. The van der Waals surface area contributed by atoms with E-state index in [1.165, 1.54) is 5.56 Å². The third kappa shape index (κ3) is 4.60. The van der Waals surface area contributed by atoms with Gasteiger partial charge in [-0.25, -0.2) is 0 Å². The number of nitrogens with zero attached hydrogens (tertiary/aromatic N) is 1. The fraction of sp³-hybridized carbons (Fsp3) is 0.643. The molecule has 0 saturated carbocycles. The summed E-state index contributed by atoms with van der Waals surface area (Å²) in [4.78, 5) is 14.3. The van der Waals surface area contributed by atoms with E-state index in [-0.39, 0.29) is 5.91 Å². The molecule has 4 nitrogen and oxygen atoms in total. The molecule has 0 radical (unpaired) electrons. The van der Waals surface area contributed by atoms with Crippen molar-refractivity contribution in [3.05, 3.63) is 22.4 Å². The SMILES string of the molecule is COCCN(Cc1ccsc1)C(=O)C[C@H]1CCNC1. The summed E-state index contributed by atoms with van der Waals surface area (Å²) in [5, 5.41) is 7.46. The van der Waals surface area contributed by atoms with Crippen LogP contribution in [0.25, 0.3) is 0 Å². The Morgan fingerprint density at radius 1 is 1.63 bits per heavy atom. The van der Waals surface area contributed by atoms with Crippen LogP contribution in [0.3, 0.4) is 0 Å². The van der Waals surface area contributed by atoms with E-state index in [4.69, 9.17) is 4.74 Å². The molecule has 1 amide bonds. The highest BCUT2D eigenvalue weighted by molar-refractivity contribution is 7.07. The molecule has 1 aliphatic rings. The van der Waals surface area contributed by atoms with E-state index in [2.05, 4.69) is 22.1 Å². The lowest BCUT2D eigenvalue weighted by Crippen LogP contribution is -2.34. The Hall–Kier alpha value is -0.910. The molecular weight excluding hydrogens is 260 g/mol. The van der Waals surface area contributed by atoms with Crippen molar-refractivity contribution in [2.45, 2.75) is 19.4 Å². The first kappa shape index (κ1) is 14.5. The second-order valence-electron chi connectivity index (χ2n) is 5.00. The van der Waals surface area contributed by atoms with Crippen molar-refractivity contribution < 1.29 is 9.53 Å². The van der Waals surface area contributed by atoms with E-state index < -0.39 is 0 Å². The number of nitrogens with one attached hydrogen (secondary N) is 1. The van der Waals surface area contributed by atoms with Gasteiger partial charge in [-0.2, -0.15) is 11.3 Å². The van der Waals surface area contributed by atoms with Crippen LogP contribution in [0.1, 0.15) is 18.4 Å². The Kier molecular flexibility index (Phi) is 5.82. The predicted molar refractivity (Wildman–Crippen MR) is 77.2 cm³/mol. The van der Waals surface area contributed by atoms with Crippen LogP contribution >= 0.6 is 11.3 Å². The molecule has 106 valence electrons. The molecule has 0 aromatic carbocycles. The van der Waals surface area contributed by atoms with Gasteiger partial charge < -0.3 is 15.0 Å². The van der Waals surface area contributed by atoms with Crippen molar-refractivity contribution in [1.29, 1.82) is 0 Å². The summed E-state index contributed by atoms with van der Waals surface area (Å²) in [5.41, 5.74) is 1.21. The van der Waals surface area contributed by atoms with Crippen molar-refractivity contribution in [3.8, 4) is 0 Å². The maximum absolute atomic E-state index is 12.4. The van der Waals surface area contributed by atoms with Gasteiger partial charge in [0.05, 0.1) is 6.61 Å². The van der Waals surface area contributed by atoms with Crippen LogP contribution in [0.2, 0.25) is 0 Å². The predicted octanol–water partition coefficient (Wildman–Crippen LogP) is 1.72. The molecule has 2 heterocycles. The number of amides is 1. The lowest BCUT2D eigenvalue weighted by molar-refractivity contribution is -0.133. The normalized spacial score (nSPS) is 18.7. The van der Waals surface area contributed by atoms with Gasteiger partial charge in [-0.1, -0.05) is 0 Å². The molecule has 0 aliphatic carbocycles. The highest BCUT2D eigenvalue weighted by Crippen LogP contribution is 2.16. The smallest absolute Gasteiger partial charge is 0.223 e. The van der Waals surface area contributed by atoms with E-state index in [1.807, 2.05) is 4.90 Å². The Labute approximate surface area is 118 Å². The molecule has 0 bridgehead atoms. The van der Waals surface area contributed by atoms with Gasteiger partial charge in [0.25, 0.3) is 0 Å². The zero-order chi connectivity index (χ0) is 13.5. The minimum Gasteiger partial charge on any atom is -0.383 e. The molecule has 0 spiro atoms. The number of carbonyl (C=O) groups excluding carboxylic acids is 1. The third-order valence-corrected chi connectivity index (χ3v) is 4.23. The van der Waals surface area contributed by atoms with Crippen LogP contribution in [0.15, 0.2) is 16.8 Å². The summed E-state index contributed by atoms with van der Waals surface area (Å²) in [6.45, 7) is 3.98. The number of methoxy groups -OCH3 is 1. The molecule has 1 saturated heterocycles. The zero-order valence-corrected chi connectivity index (χ0v) is 12.2. The molecule has 2 rings (SSSR count). The highest BCUT2D eigenvalue weighted by Gasteiger charge is 2.22. The van der Waals surface area contributed by atoms with Gasteiger partial charge in [-0.3, -0.25) is 4.79 Å². The fourth-order valence-electron chi connectivity index (χ4n) is 2.36. The van der Waals surface area contributed by atoms with Crippen molar-refractivity contribution >= 4 is 17.2 Å². The van der Waals surface area contributed by atoms with Gasteiger partial charge in [0.1, 0.15) is 0 Å². The van der Waals surface area contributed by atoms with E-state index in [1.54, 1.807) is 18.4 Å². The van der Waals surface area contributed by atoms with E-state index in [0.717, 1.165) is 19.5 Å². The lowest BCUT2D eigenvalue weighted by atomic mass is 10.0. The summed E-state index contributed by atoms with van der Waals surface area (Å²) in [6, 6.07) is 2.08. The molecule has 0 unspecified atom stereocenters. The summed E-state index contributed by atoms with van der Waals surface area (Å²) in [7, 11) is 1.67. The van der Waals surface area contributed by atoms with Gasteiger partial charge in [0.15, 0.2) is 0 Å². The third-order valence-electron chi connectivity index (χ3n) is 3.50. The van der Waals surface area contributed by atoms with E-state index >= 15 is 0 Å². The minimum atomic E-state index is 0.247. The molecule has 1 fully saturated rings.